The minimum Gasteiger partial charge on any atom is -0.350 e. The second-order valence-corrected chi connectivity index (χ2v) is 5.48. The summed E-state index contributed by atoms with van der Waals surface area (Å²) in [6.07, 6.45) is 7.45. The molecule has 0 unspecified atom stereocenters. The first-order valence-corrected chi connectivity index (χ1v) is 7.93. The SMILES string of the molecule is O=C(CCCc1ccccc1)NCc1cn(-c2ccncc2)nn1. The zero-order valence-corrected chi connectivity index (χ0v) is 13.3. The molecule has 3 aromatic rings. The summed E-state index contributed by atoms with van der Waals surface area (Å²) in [7, 11) is 0. The number of benzene rings is 1. The lowest BCUT2D eigenvalue weighted by Gasteiger charge is -2.03. The number of aromatic nitrogens is 4. The number of hydrogen-bond acceptors (Lipinski definition) is 4. The molecule has 1 aromatic carbocycles. The molecule has 0 bridgehead atoms. The summed E-state index contributed by atoms with van der Waals surface area (Å²) < 4.78 is 1.67. The normalized spacial score (nSPS) is 10.5. The zero-order chi connectivity index (χ0) is 16.6. The topological polar surface area (TPSA) is 72.7 Å². The summed E-state index contributed by atoms with van der Waals surface area (Å²) in [5.74, 6) is 0.0318. The van der Waals surface area contributed by atoms with Gasteiger partial charge in [-0.25, -0.2) is 4.68 Å². The van der Waals surface area contributed by atoms with E-state index in [1.54, 1.807) is 23.3 Å². The van der Waals surface area contributed by atoms with Crippen molar-refractivity contribution in [2.24, 2.45) is 0 Å². The Balaban J connectivity index is 1.42. The molecule has 2 aromatic heterocycles. The number of nitrogens with zero attached hydrogens (tertiary/aromatic N) is 4. The molecule has 0 radical (unpaired) electrons. The van der Waals surface area contributed by atoms with Crippen molar-refractivity contribution >= 4 is 5.91 Å². The van der Waals surface area contributed by atoms with E-state index in [4.69, 9.17) is 0 Å². The van der Waals surface area contributed by atoms with Crippen molar-refractivity contribution in [3.05, 3.63) is 72.3 Å². The largest absolute Gasteiger partial charge is 0.350 e. The highest BCUT2D eigenvalue weighted by Crippen LogP contribution is 2.06. The molecule has 0 saturated heterocycles. The summed E-state index contributed by atoms with van der Waals surface area (Å²) >= 11 is 0. The van der Waals surface area contributed by atoms with Crippen LogP contribution in [-0.2, 0) is 17.8 Å². The van der Waals surface area contributed by atoms with Crippen LogP contribution in [0.2, 0.25) is 0 Å². The molecule has 0 fully saturated rings. The molecule has 0 saturated carbocycles. The van der Waals surface area contributed by atoms with Gasteiger partial charge in [0.05, 0.1) is 18.4 Å². The number of carbonyl (C=O) groups excluding carboxylic acids is 1. The monoisotopic (exact) mass is 321 g/mol. The lowest BCUT2D eigenvalue weighted by atomic mass is 10.1. The van der Waals surface area contributed by atoms with E-state index in [2.05, 4.69) is 32.7 Å². The standard InChI is InChI=1S/C18H19N5O/c24-18(8-4-7-15-5-2-1-3-6-15)20-13-16-14-23(22-21-16)17-9-11-19-12-10-17/h1-3,5-6,9-12,14H,4,7-8,13H2,(H,20,24). The molecule has 0 aliphatic heterocycles. The lowest BCUT2D eigenvalue weighted by Crippen LogP contribution is -2.22. The number of aryl methyl sites for hydroxylation is 1. The van der Waals surface area contributed by atoms with Gasteiger partial charge in [-0.2, -0.15) is 0 Å². The Morgan fingerprint density at radius 2 is 1.88 bits per heavy atom. The van der Waals surface area contributed by atoms with E-state index in [0.717, 1.165) is 24.2 Å². The van der Waals surface area contributed by atoms with Crippen LogP contribution in [0.3, 0.4) is 0 Å². The first kappa shape index (κ1) is 15.9. The molecule has 6 heteroatoms. The van der Waals surface area contributed by atoms with Crippen molar-refractivity contribution in [1.82, 2.24) is 25.3 Å². The summed E-state index contributed by atoms with van der Waals surface area (Å²) in [5, 5.41) is 11.0. The summed E-state index contributed by atoms with van der Waals surface area (Å²) in [6, 6.07) is 13.9. The van der Waals surface area contributed by atoms with E-state index in [9.17, 15) is 4.79 Å². The van der Waals surface area contributed by atoms with Crippen LogP contribution in [0.25, 0.3) is 5.69 Å². The van der Waals surface area contributed by atoms with Crippen molar-refractivity contribution in [2.45, 2.75) is 25.8 Å². The third-order valence-corrected chi connectivity index (χ3v) is 3.65. The fourth-order valence-corrected chi connectivity index (χ4v) is 2.38. The molecule has 0 spiro atoms. The molecule has 6 nitrogen and oxygen atoms in total. The van der Waals surface area contributed by atoms with Crippen molar-refractivity contribution in [1.29, 1.82) is 0 Å². The lowest BCUT2D eigenvalue weighted by molar-refractivity contribution is -0.121. The molecule has 1 amide bonds. The summed E-state index contributed by atoms with van der Waals surface area (Å²) in [4.78, 5) is 15.9. The predicted molar refractivity (Wildman–Crippen MR) is 90.4 cm³/mol. The van der Waals surface area contributed by atoms with Crippen LogP contribution in [0.15, 0.2) is 61.1 Å². The van der Waals surface area contributed by atoms with Crippen LogP contribution in [0.1, 0.15) is 24.1 Å². The Hall–Kier alpha value is -3.02. The summed E-state index contributed by atoms with van der Waals surface area (Å²) in [5.41, 5.74) is 2.87. The Morgan fingerprint density at radius 1 is 1.08 bits per heavy atom. The van der Waals surface area contributed by atoms with Crippen molar-refractivity contribution in [3.8, 4) is 5.69 Å². The molecule has 122 valence electrons. The molecule has 0 aliphatic rings. The van der Waals surface area contributed by atoms with Gasteiger partial charge in [-0.15, -0.1) is 5.10 Å². The van der Waals surface area contributed by atoms with Gasteiger partial charge in [0.25, 0.3) is 0 Å². The van der Waals surface area contributed by atoms with Crippen LogP contribution in [-0.4, -0.2) is 25.9 Å². The number of carbonyl (C=O) groups is 1. The van der Waals surface area contributed by atoms with Gasteiger partial charge in [0, 0.05) is 18.8 Å². The van der Waals surface area contributed by atoms with Crippen LogP contribution >= 0.6 is 0 Å². The first-order valence-electron chi connectivity index (χ1n) is 7.93. The van der Waals surface area contributed by atoms with Crippen LogP contribution in [0, 0.1) is 0 Å². The number of amides is 1. The number of pyridine rings is 1. The van der Waals surface area contributed by atoms with Crippen LogP contribution < -0.4 is 5.32 Å². The quantitative estimate of drug-likeness (QED) is 0.725. The average Bonchev–Trinajstić information content (AvgIpc) is 3.11. The smallest absolute Gasteiger partial charge is 0.220 e. The highest BCUT2D eigenvalue weighted by molar-refractivity contribution is 5.75. The van der Waals surface area contributed by atoms with Crippen molar-refractivity contribution in [2.75, 3.05) is 0 Å². The zero-order valence-electron chi connectivity index (χ0n) is 13.3. The van der Waals surface area contributed by atoms with Crippen molar-refractivity contribution < 1.29 is 4.79 Å². The van der Waals surface area contributed by atoms with Crippen LogP contribution in [0.4, 0.5) is 0 Å². The van der Waals surface area contributed by atoms with E-state index in [1.165, 1.54) is 5.56 Å². The van der Waals surface area contributed by atoms with Gasteiger partial charge in [-0.05, 0) is 30.5 Å². The van der Waals surface area contributed by atoms with Gasteiger partial charge in [0.2, 0.25) is 5.91 Å². The second kappa shape index (κ2) is 8.01. The fourth-order valence-electron chi connectivity index (χ4n) is 2.38. The number of hydrogen-bond donors (Lipinski definition) is 1. The third-order valence-electron chi connectivity index (χ3n) is 3.65. The molecule has 2 heterocycles. The number of rotatable bonds is 7. The van der Waals surface area contributed by atoms with Gasteiger partial charge >= 0.3 is 0 Å². The van der Waals surface area contributed by atoms with Crippen molar-refractivity contribution in [3.63, 3.8) is 0 Å². The van der Waals surface area contributed by atoms with Gasteiger partial charge in [-0.1, -0.05) is 35.5 Å². The van der Waals surface area contributed by atoms with E-state index in [0.29, 0.717) is 13.0 Å². The van der Waals surface area contributed by atoms with Gasteiger partial charge in [-0.3, -0.25) is 9.78 Å². The number of nitrogens with one attached hydrogen (secondary N) is 1. The molecule has 24 heavy (non-hydrogen) atoms. The predicted octanol–water partition coefficient (Wildman–Crippen LogP) is 2.30. The maximum absolute atomic E-state index is 11.9. The minimum atomic E-state index is 0.0318. The molecular weight excluding hydrogens is 302 g/mol. The molecule has 0 aliphatic carbocycles. The van der Waals surface area contributed by atoms with Crippen LogP contribution in [0.5, 0.6) is 0 Å². The van der Waals surface area contributed by atoms with Gasteiger partial charge in [0.1, 0.15) is 5.69 Å². The third kappa shape index (κ3) is 4.49. The first-order chi connectivity index (χ1) is 11.8. The highest BCUT2D eigenvalue weighted by atomic mass is 16.1. The van der Waals surface area contributed by atoms with E-state index in [1.807, 2.05) is 30.3 Å². The Labute approximate surface area is 140 Å². The average molecular weight is 321 g/mol. The Kier molecular flexibility index (Phi) is 5.29. The molecule has 0 atom stereocenters. The minimum absolute atomic E-state index is 0.0318. The summed E-state index contributed by atoms with van der Waals surface area (Å²) in [6.45, 7) is 0.384. The second-order valence-electron chi connectivity index (χ2n) is 5.48. The van der Waals surface area contributed by atoms with E-state index in [-0.39, 0.29) is 5.91 Å². The highest BCUT2D eigenvalue weighted by Gasteiger charge is 2.05. The molecule has 3 rings (SSSR count). The Morgan fingerprint density at radius 3 is 2.67 bits per heavy atom. The molecule has 1 N–H and O–H groups in total. The maximum Gasteiger partial charge on any atom is 0.220 e. The fraction of sp³-hybridized carbons (Fsp3) is 0.222. The molecular formula is C18H19N5O. The maximum atomic E-state index is 11.9. The van der Waals surface area contributed by atoms with Gasteiger partial charge in [0.15, 0.2) is 0 Å². The van der Waals surface area contributed by atoms with E-state index < -0.39 is 0 Å². The van der Waals surface area contributed by atoms with E-state index >= 15 is 0 Å². The Bertz CT molecular complexity index is 770. The van der Waals surface area contributed by atoms with Gasteiger partial charge < -0.3 is 5.32 Å².